The number of hydrogen-bond acceptors (Lipinski definition) is 5. The predicted molar refractivity (Wildman–Crippen MR) is 62.0 cm³/mol. The van der Waals surface area contributed by atoms with Crippen LogP contribution >= 0.6 is 0 Å². The van der Waals surface area contributed by atoms with Gasteiger partial charge in [-0.25, -0.2) is 4.79 Å². The molecule has 0 N–H and O–H groups in total. The van der Waals surface area contributed by atoms with Gasteiger partial charge in [0.15, 0.2) is 0 Å². The fourth-order valence-electron chi connectivity index (χ4n) is 1.67. The van der Waals surface area contributed by atoms with Crippen LogP contribution in [0.3, 0.4) is 0 Å². The monoisotopic (exact) mass is 250 g/mol. The third-order valence-electron chi connectivity index (χ3n) is 2.48. The molecule has 0 fully saturated rings. The Morgan fingerprint density at radius 1 is 1.33 bits per heavy atom. The summed E-state index contributed by atoms with van der Waals surface area (Å²) in [6, 6.07) is 6.08. The van der Waals surface area contributed by atoms with Crippen molar-refractivity contribution in [2.24, 2.45) is 0 Å². The Balaban J connectivity index is 2.97. The molecule has 18 heavy (non-hydrogen) atoms. The van der Waals surface area contributed by atoms with Crippen molar-refractivity contribution in [1.82, 2.24) is 4.73 Å². The van der Waals surface area contributed by atoms with Gasteiger partial charge in [-0.3, -0.25) is 0 Å². The molecule has 0 amide bonds. The van der Waals surface area contributed by atoms with Crippen molar-refractivity contribution in [2.75, 3.05) is 14.2 Å². The Labute approximate surface area is 101 Å². The molecule has 0 unspecified atom stereocenters. The highest BCUT2D eigenvalue weighted by molar-refractivity contribution is 5.92. The highest BCUT2D eigenvalue weighted by atomic mass is 16.5. The first kappa shape index (κ1) is 11.9. The van der Waals surface area contributed by atoms with Gasteiger partial charge in [-0.1, -0.05) is 12.1 Å². The lowest BCUT2D eigenvalue weighted by molar-refractivity contribution is -0.476. The lowest BCUT2D eigenvalue weighted by Crippen LogP contribution is -2.27. The van der Waals surface area contributed by atoms with Crippen molar-refractivity contribution >= 4 is 17.0 Å². The number of fused-ring (bicyclic) bond motifs is 1. The summed E-state index contributed by atoms with van der Waals surface area (Å²) >= 11 is 0. The number of ether oxygens (including phenoxy) is 2. The van der Waals surface area contributed by atoms with E-state index in [1.165, 1.54) is 19.2 Å². The molecule has 0 bridgehead atoms. The number of para-hydroxylation sites is 2. The van der Waals surface area contributed by atoms with E-state index >= 15 is 0 Å². The number of esters is 1. The summed E-state index contributed by atoms with van der Waals surface area (Å²) in [4.78, 5) is 23.5. The van der Waals surface area contributed by atoms with Gasteiger partial charge >= 0.3 is 11.8 Å². The maximum Gasteiger partial charge on any atom is 0.454 e. The fraction of sp³-hybridized carbons (Fsp3) is 0.182. The Kier molecular flexibility index (Phi) is 2.88. The summed E-state index contributed by atoms with van der Waals surface area (Å²) in [5.41, 5.74) is -0.306. The van der Waals surface area contributed by atoms with Crippen LogP contribution in [0.25, 0.3) is 11.0 Å². The van der Waals surface area contributed by atoms with E-state index in [-0.39, 0.29) is 11.0 Å². The average Bonchev–Trinajstić information content (AvgIpc) is 2.41. The molecule has 0 saturated heterocycles. The molecule has 0 radical (unpaired) electrons. The molecule has 0 aliphatic carbocycles. The third kappa shape index (κ3) is 1.56. The molecule has 0 saturated carbocycles. The first-order valence-electron chi connectivity index (χ1n) is 5.02. The van der Waals surface area contributed by atoms with Gasteiger partial charge in [-0.15, -0.1) is 0 Å². The van der Waals surface area contributed by atoms with Gasteiger partial charge in [0.25, 0.3) is 5.52 Å². The van der Waals surface area contributed by atoms with Crippen LogP contribution in [0.5, 0.6) is 5.88 Å². The van der Waals surface area contributed by atoms with Gasteiger partial charge in [0.05, 0.1) is 14.2 Å². The van der Waals surface area contributed by atoms with Crippen LogP contribution in [-0.4, -0.2) is 24.9 Å². The van der Waals surface area contributed by atoms with Gasteiger partial charge in [0, 0.05) is 11.0 Å². The molecule has 2 rings (SSSR count). The third-order valence-corrected chi connectivity index (χ3v) is 2.48. The fourth-order valence-corrected chi connectivity index (χ4v) is 1.67. The second-order valence-corrected chi connectivity index (χ2v) is 3.43. The lowest BCUT2D eigenvalue weighted by atomic mass is 10.3. The lowest BCUT2D eigenvalue weighted by Gasteiger charge is -2.16. The zero-order chi connectivity index (χ0) is 13.3. The minimum Gasteiger partial charge on any atom is -0.805 e. The second kappa shape index (κ2) is 4.36. The highest BCUT2D eigenvalue weighted by Gasteiger charge is 2.28. The van der Waals surface area contributed by atoms with Crippen LogP contribution in [0.1, 0.15) is 10.5 Å². The summed E-state index contributed by atoms with van der Waals surface area (Å²) in [6.45, 7) is 0. The zero-order valence-corrected chi connectivity index (χ0v) is 9.75. The van der Waals surface area contributed by atoms with E-state index in [2.05, 4.69) is 4.74 Å². The smallest absolute Gasteiger partial charge is 0.454 e. The summed E-state index contributed by atoms with van der Waals surface area (Å²) in [6.07, 6.45) is 0. The van der Waals surface area contributed by atoms with Gasteiger partial charge < -0.3 is 19.4 Å². The molecule has 0 aliphatic rings. The molecule has 7 nitrogen and oxygen atoms in total. The second-order valence-electron chi connectivity index (χ2n) is 3.43. The molecule has 7 heteroatoms. The Bertz CT molecular complexity index is 677. The largest absolute Gasteiger partial charge is 0.805 e. The van der Waals surface area contributed by atoms with Gasteiger partial charge in [0.1, 0.15) is 9.94 Å². The van der Waals surface area contributed by atoms with E-state index < -0.39 is 17.5 Å². The summed E-state index contributed by atoms with van der Waals surface area (Å²) < 4.78 is 10.0. The quantitative estimate of drug-likeness (QED) is 0.578. The number of carbonyl (C=O) groups is 1. The van der Waals surface area contributed by atoms with Crippen molar-refractivity contribution in [3.05, 3.63) is 40.1 Å². The van der Waals surface area contributed by atoms with E-state index in [1.807, 2.05) is 0 Å². The minimum atomic E-state index is -0.933. The Hall–Kier alpha value is -2.57. The number of hydrogen-bond donors (Lipinski definition) is 0. The van der Waals surface area contributed by atoms with Crippen molar-refractivity contribution in [1.29, 1.82) is 0 Å². The number of rotatable bonds is 2. The molecule has 1 aromatic heterocycles. The van der Waals surface area contributed by atoms with Crippen molar-refractivity contribution in [3.8, 4) is 5.88 Å². The number of carbonyl (C=O) groups excluding carboxylic acids is 1. The van der Waals surface area contributed by atoms with E-state index in [4.69, 9.17) is 4.74 Å². The minimum absolute atomic E-state index is 0.0636. The predicted octanol–water partition coefficient (Wildman–Crippen LogP) is 0.697. The molecule has 2 aromatic rings. The molecular formula is C11H10N2O5. The maximum absolute atomic E-state index is 12.0. The topological polar surface area (TPSA) is 86.5 Å². The van der Waals surface area contributed by atoms with E-state index in [0.29, 0.717) is 9.16 Å². The average molecular weight is 250 g/mol. The van der Waals surface area contributed by atoms with Crippen LogP contribution in [0, 0.1) is 10.1 Å². The molecule has 0 aliphatic heterocycles. The molecule has 0 atom stereocenters. The van der Waals surface area contributed by atoms with Crippen LogP contribution < -0.4 is 9.16 Å². The standard InChI is InChI=1S/C11H10N2O5/c1-17-10-9(11(14)18-2)12(15)7-5-3-4-6-8(7)13(10)16/h3-6H,1-2H3. The molecule has 94 valence electrons. The van der Waals surface area contributed by atoms with E-state index in [1.54, 1.807) is 12.1 Å². The van der Waals surface area contributed by atoms with Crippen molar-refractivity contribution in [2.45, 2.75) is 0 Å². The van der Waals surface area contributed by atoms with Crippen LogP contribution in [-0.2, 0) is 4.74 Å². The van der Waals surface area contributed by atoms with Crippen molar-refractivity contribution in [3.63, 3.8) is 0 Å². The molecule has 0 spiro atoms. The van der Waals surface area contributed by atoms with Crippen molar-refractivity contribution < 1.29 is 18.7 Å². The highest BCUT2D eigenvalue weighted by Crippen LogP contribution is 2.19. The normalized spacial score (nSPS) is 10.3. The molecule has 1 heterocycles. The number of aromatic nitrogens is 2. The van der Waals surface area contributed by atoms with Gasteiger partial charge in [-0.05, 0) is 6.07 Å². The summed E-state index contributed by atoms with van der Waals surface area (Å²) in [5, 5.41) is 12.0. The Morgan fingerprint density at radius 3 is 2.61 bits per heavy atom. The van der Waals surface area contributed by atoms with Crippen LogP contribution in [0.2, 0.25) is 0 Å². The summed E-state index contributed by atoms with van der Waals surface area (Å²) in [5.74, 6) is -1.33. The van der Waals surface area contributed by atoms with Gasteiger partial charge in [-0.2, -0.15) is 0 Å². The van der Waals surface area contributed by atoms with E-state index in [0.717, 1.165) is 7.11 Å². The molecular weight excluding hydrogens is 240 g/mol. The van der Waals surface area contributed by atoms with Crippen LogP contribution in [0.4, 0.5) is 0 Å². The first-order valence-corrected chi connectivity index (χ1v) is 5.02. The summed E-state index contributed by atoms with van der Waals surface area (Å²) in [7, 11) is 2.32. The van der Waals surface area contributed by atoms with E-state index in [9.17, 15) is 14.9 Å². The number of benzene rings is 1. The maximum atomic E-state index is 12.0. The molecule has 1 aromatic carbocycles. The number of methoxy groups -OCH3 is 2. The van der Waals surface area contributed by atoms with Gasteiger partial charge in [0.2, 0.25) is 5.69 Å². The van der Waals surface area contributed by atoms with Crippen LogP contribution in [0.15, 0.2) is 24.3 Å². The number of nitrogens with zero attached hydrogens (tertiary/aromatic N) is 2. The first-order chi connectivity index (χ1) is 8.61. The SMILES string of the molecule is COC(=O)c1c(OC)[n+](=O)c2ccccc2n1[O-]. The zero-order valence-electron chi connectivity index (χ0n) is 9.75. The Morgan fingerprint density at radius 2 is 2.00 bits per heavy atom.